The smallest absolute Gasteiger partial charge is 0.290 e. The van der Waals surface area contributed by atoms with Crippen molar-refractivity contribution < 1.29 is 9.53 Å². The first-order chi connectivity index (χ1) is 8.19. The summed E-state index contributed by atoms with van der Waals surface area (Å²) in [5.74, 6) is 0.00242. The van der Waals surface area contributed by atoms with Gasteiger partial charge in [-0.05, 0) is 22.9 Å². The maximum absolute atomic E-state index is 10.8. The van der Waals surface area contributed by atoms with Gasteiger partial charge >= 0.3 is 0 Å². The van der Waals surface area contributed by atoms with E-state index in [0.717, 1.165) is 11.3 Å². The maximum Gasteiger partial charge on any atom is 0.290 e. The van der Waals surface area contributed by atoms with Crippen LogP contribution in [0.25, 0.3) is 0 Å². The molecule has 0 radical (unpaired) electrons. The average molecular weight is 233 g/mol. The lowest BCUT2D eigenvalue weighted by atomic mass is 10.2. The molecule has 2 N–H and O–H groups in total. The van der Waals surface area contributed by atoms with Crippen molar-refractivity contribution in [1.29, 1.82) is 0 Å². The first kappa shape index (κ1) is 11.1. The van der Waals surface area contributed by atoms with Crippen molar-refractivity contribution in [3.8, 4) is 5.75 Å². The van der Waals surface area contributed by atoms with Gasteiger partial charge in [-0.2, -0.15) is 4.80 Å². The number of nitrogens with zero attached hydrogens (tertiary/aromatic N) is 4. The number of hydrogen-bond donors (Lipinski definition) is 1. The molecular formula is C10H11N5O2. The molecule has 1 amide bonds. The number of amides is 1. The van der Waals surface area contributed by atoms with Crippen LogP contribution in [0.5, 0.6) is 5.75 Å². The Balaban J connectivity index is 2.11. The number of methoxy groups -OCH3 is 1. The van der Waals surface area contributed by atoms with Gasteiger partial charge in [-0.1, -0.05) is 12.1 Å². The Hall–Kier alpha value is -2.44. The largest absolute Gasteiger partial charge is 0.497 e. The fourth-order valence-corrected chi connectivity index (χ4v) is 1.30. The topological polar surface area (TPSA) is 95.9 Å². The highest BCUT2D eigenvalue weighted by Crippen LogP contribution is 2.11. The summed E-state index contributed by atoms with van der Waals surface area (Å²) >= 11 is 0. The van der Waals surface area contributed by atoms with Crippen LogP contribution in [0.15, 0.2) is 24.3 Å². The monoisotopic (exact) mass is 233 g/mol. The number of hydrogen-bond acceptors (Lipinski definition) is 5. The predicted octanol–water partition coefficient (Wildman–Crippen LogP) is -0.171. The van der Waals surface area contributed by atoms with Gasteiger partial charge in [0.2, 0.25) is 0 Å². The molecule has 0 atom stereocenters. The van der Waals surface area contributed by atoms with Crippen LogP contribution in [0.2, 0.25) is 0 Å². The van der Waals surface area contributed by atoms with Gasteiger partial charge in [-0.25, -0.2) is 0 Å². The molecule has 0 fully saturated rings. The van der Waals surface area contributed by atoms with Gasteiger partial charge in [0.05, 0.1) is 13.7 Å². The molecular weight excluding hydrogens is 222 g/mol. The van der Waals surface area contributed by atoms with Crippen molar-refractivity contribution >= 4 is 5.91 Å². The number of primary amides is 1. The molecule has 0 aliphatic heterocycles. The second-order valence-corrected chi connectivity index (χ2v) is 3.36. The molecule has 0 spiro atoms. The first-order valence-corrected chi connectivity index (χ1v) is 4.89. The number of aromatic nitrogens is 4. The van der Waals surface area contributed by atoms with Crippen LogP contribution in [-0.4, -0.2) is 33.2 Å². The van der Waals surface area contributed by atoms with E-state index >= 15 is 0 Å². The highest BCUT2D eigenvalue weighted by Gasteiger charge is 2.08. The molecule has 0 aliphatic carbocycles. The van der Waals surface area contributed by atoms with Gasteiger partial charge in [-0.3, -0.25) is 4.79 Å². The van der Waals surface area contributed by atoms with Crippen LogP contribution >= 0.6 is 0 Å². The molecule has 0 bridgehead atoms. The first-order valence-electron chi connectivity index (χ1n) is 4.89. The number of benzene rings is 1. The van der Waals surface area contributed by atoms with Crippen LogP contribution in [0, 0.1) is 0 Å². The lowest BCUT2D eigenvalue weighted by Gasteiger charge is -2.01. The molecule has 1 aromatic carbocycles. The number of nitrogens with two attached hydrogens (primary N) is 1. The van der Waals surface area contributed by atoms with E-state index in [-0.39, 0.29) is 5.82 Å². The SMILES string of the molecule is COc1ccc(Cn2nnc(C(N)=O)n2)cc1. The molecule has 0 unspecified atom stereocenters. The van der Waals surface area contributed by atoms with Crippen molar-refractivity contribution in [3.05, 3.63) is 35.7 Å². The molecule has 2 aromatic rings. The Labute approximate surface area is 97.2 Å². The normalized spacial score (nSPS) is 10.2. The van der Waals surface area contributed by atoms with Gasteiger partial charge in [0.15, 0.2) is 0 Å². The minimum Gasteiger partial charge on any atom is -0.497 e. The minimum atomic E-state index is -0.689. The molecule has 0 saturated carbocycles. The zero-order valence-corrected chi connectivity index (χ0v) is 9.20. The number of tetrazole rings is 1. The van der Waals surface area contributed by atoms with Crippen LogP contribution in [0.3, 0.4) is 0 Å². The Morgan fingerprint density at radius 2 is 2.12 bits per heavy atom. The van der Waals surface area contributed by atoms with Gasteiger partial charge in [0.25, 0.3) is 11.7 Å². The van der Waals surface area contributed by atoms with E-state index in [1.807, 2.05) is 24.3 Å². The highest BCUT2D eigenvalue weighted by atomic mass is 16.5. The van der Waals surface area contributed by atoms with Crippen molar-refractivity contribution in [3.63, 3.8) is 0 Å². The summed E-state index contributed by atoms with van der Waals surface area (Å²) in [7, 11) is 1.60. The van der Waals surface area contributed by atoms with Gasteiger partial charge in [0, 0.05) is 0 Å². The lowest BCUT2D eigenvalue weighted by molar-refractivity contribution is 0.0990. The summed E-state index contributed by atoms with van der Waals surface area (Å²) in [4.78, 5) is 12.1. The third-order valence-corrected chi connectivity index (χ3v) is 2.16. The van der Waals surface area contributed by atoms with Crippen molar-refractivity contribution in [2.75, 3.05) is 7.11 Å². The van der Waals surface area contributed by atoms with Crippen LogP contribution < -0.4 is 10.5 Å². The van der Waals surface area contributed by atoms with Gasteiger partial charge < -0.3 is 10.5 Å². The molecule has 2 rings (SSSR count). The number of rotatable bonds is 4. The maximum atomic E-state index is 10.8. The average Bonchev–Trinajstić information content (AvgIpc) is 2.79. The van der Waals surface area contributed by atoms with Crippen LogP contribution in [-0.2, 0) is 6.54 Å². The molecule has 17 heavy (non-hydrogen) atoms. The van der Waals surface area contributed by atoms with Gasteiger partial charge in [-0.15, -0.1) is 10.2 Å². The zero-order chi connectivity index (χ0) is 12.3. The third-order valence-electron chi connectivity index (χ3n) is 2.16. The Morgan fingerprint density at radius 1 is 1.41 bits per heavy atom. The number of carbonyl (C=O) groups is 1. The summed E-state index contributed by atoms with van der Waals surface area (Å²) in [6.45, 7) is 0.421. The molecule has 1 heterocycles. The molecule has 88 valence electrons. The van der Waals surface area contributed by atoms with Crippen molar-refractivity contribution in [2.24, 2.45) is 5.73 Å². The van der Waals surface area contributed by atoms with E-state index in [1.54, 1.807) is 7.11 Å². The summed E-state index contributed by atoms with van der Waals surface area (Å²) in [5.41, 5.74) is 6.00. The summed E-state index contributed by atoms with van der Waals surface area (Å²) < 4.78 is 5.04. The predicted molar refractivity (Wildman–Crippen MR) is 58.4 cm³/mol. The van der Waals surface area contributed by atoms with Crippen LogP contribution in [0.4, 0.5) is 0 Å². The molecule has 0 aliphatic rings. The molecule has 0 saturated heterocycles. The van der Waals surface area contributed by atoms with E-state index in [1.165, 1.54) is 4.80 Å². The molecule has 7 heteroatoms. The summed E-state index contributed by atoms with van der Waals surface area (Å²) in [6, 6.07) is 7.43. The Bertz CT molecular complexity index is 520. The fourth-order valence-electron chi connectivity index (χ4n) is 1.30. The number of ether oxygens (including phenoxy) is 1. The fraction of sp³-hybridized carbons (Fsp3) is 0.200. The standard InChI is InChI=1S/C10H11N5O2/c1-17-8-4-2-7(3-5-8)6-15-13-10(9(11)16)12-14-15/h2-5H,6H2,1H3,(H2,11,16). The van der Waals surface area contributed by atoms with Gasteiger partial charge in [0.1, 0.15) is 5.75 Å². The summed E-state index contributed by atoms with van der Waals surface area (Å²) in [6.07, 6.45) is 0. The second kappa shape index (κ2) is 4.60. The minimum absolute atomic E-state index is 0.0847. The van der Waals surface area contributed by atoms with E-state index in [9.17, 15) is 4.79 Å². The van der Waals surface area contributed by atoms with E-state index < -0.39 is 5.91 Å². The Kier molecular flexibility index (Phi) is 2.99. The molecule has 7 nitrogen and oxygen atoms in total. The second-order valence-electron chi connectivity index (χ2n) is 3.36. The lowest BCUT2D eigenvalue weighted by Crippen LogP contribution is -2.13. The molecule has 1 aromatic heterocycles. The van der Waals surface area contributed by atoms with E-state index in [2.05, 4.69) is 15.4 Å². The summed E-state index contributed by atoms with van der Waals surface area (Å²) in [5, 5.41) is 11.1. The van der Waals surface area contributed by atoms with E-state index in [4.69, 9.17) is 10.5 Å². The van der Waals surface area contributed by atoms with Crippen LogP contribution in [0.1, 0.15) is 16.2 Å². The number of carbonyl (C=O) groups excluding carboxylic acids is 1. The third kappa shape index (κ3) is 2.57. The zero-order valence-electron chi connectivity index (χ0n) is 9.20. The van der Waals surface area contributed by atoms with E-state index in [0.29, 0.717) is 6.54 Å². The van der Waals surface area contributed by atoms with Crippen molar-refractivity contribution in [2.45, 2.75) is 6.54 Å². The highest BCUT2D eigenvalue weighted by molar-refractivity contribution is 5.88. The van der Waals surface area contributed by atoms with Crippen molar-refractivity contribution in [1.82, 2.24) is 20.2 Å². The quantitative estimate of drug-likeness (QED) is 0.790. The Morgan fingerprint density at radius 3 is 2.65 bits per heavy atom.